The van der Waals surface area contributed by atoms with Gasteiger partial charge in [0.2, 0.25) is 5.91 Å². The second-order valence-corrected chi connectivity index (χ2v) is 21.2. The van der Waals surface area contributed by atoms with Crippen LogP contribution in [0.2, 0.25) is 0 Å². The fraction of sp³-hybridized carbons (Fsp3) is 0.983. The highest BCUT2D eigenvalue weighted by atomic mass is 16.7. The fourth-order valence-corrected chi connectivity index (χ4v) is 9.99. The molecule has 9 nitrogen and oxygen atoms in total. The molecule has 0 aromatic heterocycles. The molecule has 1 amide bonds. The van der Waals surface area contributed by atoms with Crippen molar-refractivity contribution in [2.24, 2.45) is 0 Å². The number of unbranched alkanes of at least 4 members (excludes halogenated alkanes) is 42. The number of carbonyl (C=O) groups excluding carboxylic acids is 1. The summed E-state index contributed by atoms with van der Waals surface area (Å²) in [4.78, 5) is 13.1. The molecular weight excluding hydrogens is 839 g/mol. The largest absolute Gasteiger partial charge is 0.394 e. The minimum absolute atomic E-state index is 0.131. The van der Waals surface area contributed by atoms with E-state index >= 15 is 0 Å². The summed E-state index contributed by atoms with van der Waals surface area (Å²) in [5.41, 5.74) is 0. The van der Waals surface area contributed by atoms with Gasteiger partial charge < -0.3 is 40.3 Å². The van der Waals surface area contributed by atoms with Crippen LogP contribution in [0.1, 0.15) is 309 Å². The van der Waals surface area contributed by atoms with Crippen molar-refractivity contribution in [3.05, 3.63) is 0 Å². The lowest BCUT2D eigenvalue weighted by Crippen LogP contribution is -2.60. The van der Waals surface area contributed by atoms with E-state index in [0.717, 1.165) is 38.5 Å². The van der Waals surface area contributed by atoms with E-state index in [2.05, 4.69) is 19.2 Å². The molecular formula is C58H115NO8. The summed E-state index contributed by atoms with van der Waals surface area (Å²) in [5.74, 6) is -0.136. The van der Waals surface area contributed by atoms with Gasteiger partial charge in [0.25, 0.3) is 0 Å². The van der Waals surface area contributed by atoms with E-state index in [1.807, 2.05) is 0 Å². The van der Waals surface area contributed by atoms with Gasteiger partial charge in [-0.3, -0.25) is 4.79 Å². The number of ether oxygens (including phenoxy) is 2. The zero-order chi connectivity index (χ0) is 48.7. The lowest BCUT2D eigenvalue weighted by molar-refractivity contribution is -0.302. The van der Waals surface area contributed by atoms with Crippen molar-refractivity contribution in [1.82, 2.24) is 5.32 Å². The summed E-state index contributed by atoms with van der Waals surface area (Å²) < 4.78 is 11.3. The molecule has 9 heteroatoms. The number of rotatable bonds is 52. The molecule has 6 N–H and O–H groups in total. The zero-order valence-electron chi connectivity index (χ0n) is 44.4. The molecule has 1 aliphatic rings. The SMILES string of the molecule is CCCCCCCCCCCCCCCCCCCCCCCCCCCCCC(O)C(COC1OC(CO)C(O)C(O)C1O)NC(=O)CCCCCCCCCCCCCCCCCCC. The molecule has 1 rings (SSSR count). The minimum atomic E-state index is -1.55. The standard InChI is InChI=1S/C58H115NO8/c1-3-5-7-9-11-13-15-17-19-21-22-23-24-25-26-27-28-29-30-32-33-35-37-39-41-43-45-47-52(61)51(50-66-58-57(65)56(64)55(63)53(49-60)67-58)59-54(62)48-46-44-42-40-38-36-34-31-20-18-16-14-12-10-8-6-4-2/h51-53,55-58,60-61,63-65H,3-50H2,1-2H3,(H,59,62). The number of carbonyl (C=O) groups is 1. The molecule has 1 fully saturated rings. The van der Waals surface area contributed by atoms with Gasteiger partial charge in [-0.1, -0.05) is 290 Å². The summed E-state index contributed by atoms with van der Waals surface area (Å²) in [6.45, 7) is 3.89. The molecule has 0 saturated carbocycles. The van der Waals surface area contributed by atoms with E-state index in [9.17, 15) is 30.3 Å². The first kappa shape index (κ1) is 64.2. The van der Waals surface area contributed by atoms with Crippen LogP contribution in [-0.2, 0) is 14.3 Å². The molecule has 67 heavy (non-hydrogen) atoms. The molecule has 1 saturated heterocycles. The average Bonchev–Trinajstić information content (AvgIpc) is 3.33. The van der Waals surface area contributed by atoms with Gasteiger partial charge in [0, 0.05) is 6.42 Å². The molecule has 0 bridgehead atoms. The highest BCUT2D eigenvalue weighted by molar-refractivity contribution is 5.76. The predicted octanol–water partition coefficient (Wildman–Crippen LogP) is 14.6. The molecule has 0 aliphatic carbocycles. The fourth-order valence-electron chi connectivity index (χ4n) is 9.99. The zero-order valence-corrected chi connectivity index (χ0v) is 44.4. The molecule has 400 valence electrons. The van der Waals surface area contributed by atoms with Gasteiger partial charge in [0.05, 0.1) is 25.4 Å². The first-order valence-electron chi connectivity index (χ1n) is 29.7. The number of hydrogen-bond donors (Lipinski definition) is 6. The van der Waals surface area contributed by atoms with E-state index in [1.165, 1.54) is 244 Å². The van der Waals surface area contributed by atoms with E-state index < -0.39 is 49.5 Å². The summed E-state index contributed by atoms with van der Waals surface area (Å²) in [6.07, 6.45) is 51.4. The van der Waals surface area contributed by atoms with Crippen LogP contribution in [0.15, 0.2) is 0 Å². The molecule has 7 unspecified atom stereocenters. The van der Waals surface area contributed by atoms with Crippen LogP contribution in [0.5, 0.6) is 0 Å². The molecule has 7 atom stereocenters. The number of hydrogen-bond acceptors (Lipinski definition) is 8. The van der Waals surface area contributed by atoms with E-state index in [1.54, 1.807) is 0 Å². The Balaban J connectivity index is 2.16. The van der Waals surface area contributed by atoms with Gasteiger partial charge in [-0.05, 0) is 12.8 Å². The lowest BCUT2D eigenvalue weighted by atomic mass is 9.99. The minimum Gasteiger partial charge on any atom is -0.394 e. The maximum Gasteiger partial charge on any atom is 0.220 e. The van der Waals surface area contributed by atoms with E-state index in [4.69, 9.17) is 9.47 Å². The molecule has 0 aromatic carbocycles. The Kier molecular flexibility index (Phi) is 46.8. The van der Waals surface area contributed by atoms with Crippen LogP contribution in [0, 0.1) is 0 Å². The Labute approximate surface area is 414 Å². The maximum absolute atomic E-state index is 13.1. The Morgan fingerprint density at radius 2 is 0.746 bits per heavy atom. The Morgan fingerprint density at radius 3 is 1.06 bits per heavy atom. The van der Waals surface area contributed by atoms with Crippen LogP contribution in [0.25, 0.3) is 0 Å². The van der Waals surface area contributed by atoms with Crippen LogP contribution in [0.4, 0.5) is 0 Å². The van der Waals surface area contributed by atoms with Crippen molar-refractivity contribution in [2.75, 3.05) is 13.2 Å². The quantitative estimate of drug-likeness (QED) is 0.0330. The highest BCUT2D eigenvalue weighted by Crippen LogP contribution is 2.23. The first-order chi connectivity index (χ1) is 32.8. The maximum atomic E-state index is 13.1. The van der Waals surface area contributed by atoms with E-state index in [0.29, 0.717) is 12.8 Å². The van der Waals surface area contributed by atoms with Crippen LogP contribution in [-0.4, -0.2) is 87.5 Å². The Bertz CT molecular complexity index is 1020. The van der Waals surface area contributed by atoms with Crippen molar-refractivity contribution in [3.63, 3.8) is 0 Å². The third-order valence-electron chi connectivity index (χ3n) is 14.7. The van der Waals surface area contributed by atoms with Gasteiger partial charge >= 0.3 is 0 Å². The average molecular weight is 955 g/mol. The summed E-state index contributed by atoms with van der Waals surface area (Å²) >= 11 is 0. The van der Waals surface area contributed by atoms with Crippen molar-refractivity contribution >= 4 is 5.91 Å². The monoisotopic (exact) mass is 954 g/mol. The number of aliphatic hydroxyl groups excluding tert-OH is 5. The van der Waals surface area contributed by atoms with Gasteiger partial charge in [0.15, 0.2) is 6.29 Å². The van der Waals surface area contributed by atoms with Gasteiger partial charge in [-0.15, -0.1) is 0 Å². The molecule has 1 aliphatic heterocycles. The smallest absolute Gasteiger partial charge is 0.220 e. The molecule has 1 heterocycles. The van der Waals surface area contributed by atoms with Crippen LogP contribution < -0.4 is 5.32 Å². The predicted molar refractivity (Wildman–Crippen MR) is 281 cm³/mol. The van der Waals surface area contributed by atoms with Gasteiger partial charge in [0.1, 0.15) is 24.4 Å². The summed E-state index contributed by atoms with van der Waals surface area (Å²) in [7, 11) is 0. The van der Waals surface area contributed by atoms with Gasteiger partial charge in [-0.25, -0.2) is 0 Å². The van der Waals surface area contributed by atoms with E-state index in [-0.39, 0.29) is 12.5 Å². The molecule has 0 radical (unpaired) electrons. The molecule has 0 aromatic rings. The third kappa shape index (κ3) is 38.5. The second-order valence-electron chi connectivity index (χ2n) is 21.2. The molecule has 0 spiro atoms. The van der Waals surface area contributed by atoms with Crippen molar-refractivity contribution in [3.8, 4) is 0 Å². The summed E-state index contributed by atoms with van der Waals surface area (Å²) in [5, 5.41) is 54.7. The van der Waals surface area contributed by atoms with Crippen molar-refractivity contribution in [2.45, 2.75) is 352 Å². The second kappa shape index (κ2) is 48.8. The number of nitrogens with one attached hydrogen (secondary N) is 1. The first-order valence-corrected chi connectivity index (χ1v) is 29.7. The Morgan fingerprint density at radius 1 is 0.448 bits per heavy atom. The summed E-state index contributed by atoms with van der Waals surface area (Å²) in [6, 6.07) is -0.713. The normalized spacial score (nSPS) is 19.5. The van der Waals surface area contributed by atoms with Crippen molar-refractivity contribution in [1.29, 1.82) is 0 Å². The van der Waals surface area contributed by atoms with Crippen LogP contribution in [0.3, 0.4) is 0 Å². The highest BCUT2D eigenvalue weighted by Gasteiger charge is 2.44. The van der Waals surface area contributed by atoms with Crippen molar-refractivity contribution < 1.29 is 39.8 Å². The third-order valence-corrected chi connectivity index (χ3v) is 14.7. The lowest BCUT2D eigenvalue weighted by Gasteiger charge is -2.40. The number of aliphatic hydroxyl groups is 5. The Hall–Kier alpha value is -0.810. The van der Waals surface area contributed by atoms with Gasteiger partial charge in [-0.2, -0.15) is 0 Å². The van der Waals surface area contributed by atoms with Crippen LogP contribution >= 0.6 is 0 Å². The topological polar surface area (TPSA) is 149 Å². The number of amides is 1.